The molecule has 0 bridgehead atoms. The van der Waals surface area contributed by atoms with Crippen LogP contribution >= 0.6 is 0 Å². The van der Waals surface area contributed by atoms with Gasteiger partial charge in [0.25, 0.3) is 0 Å². The van der Waals surface area contributed by atoms with Crippen molar-refractivity contribution < 1.29 is 57.2 Å². The van der Waals surface area contributed by atoms with Crippen molar-refractivity contribution in [2.24, 2.45) is 0 Å². The van der Waals surface area contributed by atoms with E-state index < -0.39 is 42.6 Å². The predicted molar refractivity (Wildman–Crippen MR) is 169 cm³/mol. The predicted octanol–water partition coefficient (Wildman–Crippen LogP) is 2.93. The Morgan fingerprint density at radius 3 is 1.30 bits per heavy atom. The molecule has 2 N–H and O–H groups in total. The molecule has 0 saturated heterocycles. The number of hydrogen-bond acceptors (Lipinski definition) is 12. The lowest BCUT2D eigenvalue weighted by Crippen LogP contribution is -2.36. The van der Waals surface area contributed by atoms with Crippen LogP contribution in [0.15, 0.2) is 24.3 Å². The van der Waals surface area contributed by atoms with Crippen LogP contribution in [0.1, 0.15) is 69.7 Å². The summed E-state index contributed by atoms with van der Waals surface area (Å²) in [6.45, 7) is 14.0. The highest BCUT2D eigenvalue weighted by Gasteiger charge is 2.11. The topological polar surface area (TPSA) is 182 Å². The van der Waals surface area contributed by atoms with E-state index in [2.05, 4.69) is 28.5 Å². The maximum Gasteiger partial charge on any atom is 0.333 e. The van der Waals surface area contributed by atoms with Crippen LogP contribution in [0.25, 0.3) is 0 Å². The summed E-state index contributed by atoms with van der Waals surface area (Å²) in [4.78, 5) is 67.0. The third kappa shape index (κ3) is 36.2. The highest BCUT2D eigenvalue weighted by Crippen LogP contribution is 1.93. The Hall–Kier alpha value is -3.78. The number of carbonyl (C=O) groups excluding carboxylic acids is 6. The molecule has 0 rings (SSSR count). The van der Waals surface area contributed by atoms with Crippen molar-refractivity contribution >= 4 is 35.7 Å². The summed E-state index contributed by atoms with van der Waals surface area (Å²) < 4.78 is 28.9. The molecule has 0 atom stereocenters. The molecule has 0 saturated carbocycles. The van der Waals surface area contributed by atoms with E-state index in [0.717, 1.165) is 6.42 Å². The van der Waals surface area contributed by atoms with Crippen molar-refractivity contribution in [2.75, 3.05) is 66.4 Å². The van der Waals surface area contributed by atoms with Crippen LogP contribution in [0.3, 0.4) is 0 Å². The number of carbonyl (C=O) groups is 6. The Bertz CT molecular complexity index is 844. The molecule has 0 aromatic heterocycles. The number of nitrogens with one attached hydrogen (secondary N) is 2. The number of esters is 4. The van der Waals surface area contributed by atoms with Crippen LogP contribution in [0.2, 0.25) is 0 Å². The van der Waals surface area contributed by atoms with Gasteiger partial charge in [-0.3, -0.25) is 19.2 Å². The maximum atomic E-state index is 11.5. The summed E-state index contributed by atoms with van der Waals surface area (Å²) in [5, 5.41) is 4.82. The zero-order valence-electron chi connectivity index (χ0n) is 23.8. The molecule has 0 radical (unpaired) electrons. The first-order chi connectivity index (χ1) is 18.9. The lowest BCUT2D eigenvalue weighted by atomic mass is 10.4. The van der Waals surface area contributed by atoms with Gasteiger partial charge in [0.1, 0.15) is 32.7 Å². The molecule has 0 aliphatic rings. The Kier molecular flexibility index (Phi) is 42.5. The van der Waals surface area contributed by atoms with Gasteiger partial charge in [0.05, 0.1) is 26.9 Å². The molecule has 0 heterocycles. The van der Waals surface area contributed by atoms with Crippen LogP contribution in [-0.2, 0) is 57.2 Å². The van der Waals surface area contributed by atoms with Crippen molar-refractivity contribution in [1.29, 1.82) is 0 Å². The molecule has 0 aliphatic heterocycles. The first-order valence-electron chi connectivity index (χ1n) is 12.5. The minimum Gasteiger partial charge on any atom is -0.469 e. The van der Waals surface area contributed by atoms with E-state index in [0.29, 0.717) is 25.4 Å². The van der Waals surface area contributed by atoms with Crippen molar-refractivity contribution in [3.05, 3.63) is 24.3 Å². The monoisotopic (exact) mass is 638 g/mol. The highest BCUT2D eigenvalue weighted by molar-refractivity contribution is 5.95. The third-order valence-electron chi connectivity index (χ3n) is 4.06. The fourth-order valence-corrected chi connectivity index (χ4v) is 2.11. The third-order valence-corrected chi connectivity index (χ3v) is 4.06. The average molecular weight is 639 g/mol. The van der Waals surface area contributed by atoms with Gasteiger partial charge in [-0.15, -0.1) is 0 Å². The lowest BCUT2D eigenvalue weighted by Gasteiger charge is -2.08. The number of hydrogen-bond donors (Lipinski definition) is 2. The molecule has 44 heavy (non-hydrogen) atoms. The molecule has 0 unspecified atom stereocenters. The van der Waals surface area contributed by atoms with Crippen molar-refractivity contribution in [2.45, 2.75) is 69.7 Å². The Labute approximate surface area is 264 Å². The van der Waals surface area contributed by atoms with E-state index in [-0.39, 0.29) is 80.8 Å². The molecule has 0 aromatic carbocycles. The van der Waals surface area contributed by atoms with Gasteiger partial charge in [-0.05, 0) is 20.3 Å². The normalized spacial score (nSPS) is 8.82. The molecule has 0 aliphatic carbocycles. The second-order valence-corrected chi connectivity index (χ2v) is 7.91. The number of ether oxygens (including phenoxy) is 6. The summed E-state index contributed by atoms with van der Waals surface area (Å²) in [7, 11) is 1.17. The molecular formula is C30H58N2O12. The van der Waals surface area contributed by atoms with E-state index in [1.807, 2.05) is 6.92 Å². The molecule has 0 spiro atoms. The first-order valence-corrected chi connectivity index (χ1v) is 12.5. The van der Waals surface area contributed by atoms with Crippen LogP contribution in [-0.4, -0.2) is 102 Å². The first kappa shape index (κ1) is 52.8. The lowest BCUT2D eigenvalue weighted by molar-refractivity contribution is -0.148. The van der Waals surface area contributed by atoms with E-state index in [1.165, 1.54) is 14.0 Å². The highest BCUT2D eigenvalue weighted by atomic mass is 16.6. The van der Waals surface area contributed by atoms with E-state index in [1.54, 1.807) is 6.92 Å². The largest absolute Gasteiger partial charge is 0.469 e. The van der Waals surface area contributed by atoms with Crippen LogP contribution in [0.5, 0.6) is 0 Å². The summed E-state index contributed by atoms with van der Waals surface area (Å²) in [6.07, 6.45) is 0.0932. The van der Waals surface area contributed by atoms with Crippen LogP contribution in [0.4, 0.5) is 0 Å². The fraction of sp³-hybridized carbons (Fsp3) is 0.667. The van der Waals surface area contributed by atoms with Crippen molar-refractivity contribution in [3.8, 4) is 0 Å². The SMILES string of the molecule is C.C.C.C.C=C(C)C(=O)OCCOCCC.C=C(C)C(=O)OCCOCCOC(=O)CC(=O)NCCNC(=O)CC(=O)OC. The summed E-state index contributed by atoms with van der Waals surface area (Å²) >= 11 is 0. The smallest absolute Gasteiger partial charge is 0.333 e. The van der Waals surface area contributed by atoms with Crippen molar-refractivity contribution in [3.63, 3.8) is 0 Å². The zero-order valence-corrected chi connectivity index (χ0v) is 23.8. The number of amides is 2. The molecule has 14 nitrogen and oxygen atoms in total. The van der Waals surface area contributed by atoms with Gasteiger partial charge in [0.15, 0.2) is 0 Å². The van der Waals surface area contributed by atoms with E-state index in [4.69, 9.17) is 23.7 Å². The van der Waals surface area contributed by atoms with E-state index in [9.17, 15) is 28.8 Å². The summed E-state index contributed by atoms with van der Waals surface area (Å²) in [5.74, 6) is -3.36. The maximum absolute atomic E-state index is 11.5. The zero-order chi connectivity index (χ0) is 30.8. The minimum absolute atomic E-state index is 0. The Balaban J connectivity index is -0.000000193. The molecule has 14 heteroatoms. The molecule has 0 aromatic rings. The summed E-state index contributed by atoms with van der Waals surface area (Å²) in [5.41, 5.74) is 0.710. The van der Waals surface area contributed by atoms with Crippen molar-refractivity contribution in [1.82, 2.24) is 10.6 Å². The molecular weight excluding hydrogens is 580 g/mol. The average Bonchev–Trinajstić information content (AvgIpc) is 2.90. The molecule has 2 amide bonds. The second kappa shape index (κ2) is 35.4. The second-order valence-electron chi connectivity index (χ2n) is 7.91. The van der Waals surface area contributed by atoms with Gasteiger partial charge in [0, 0.05) is 30.8 Å². The number of rotatable bonds is 20. The van der Waals surface area contributed by atoms with Crippen LogP contribution < -0.4 is 10.6 Å². The molecule has 0 fully saturated rings. The molecule has 260 valence electrons. The van der Waals surface area contributed by atoms with Crippen LogP contribution in [0, 0.1) is 0 Å². The van der Waals surface area contributed by atoms with Gasteiger partial charge < -0.3 is 39.1 Å². The minimum atomic E-state index is -0.732. The van der Waals surface area contributed by atoms with Gasteiger partial charge in [-0.25, -0.2) is 9.59 Å². The standard InChI is InChI=1S/C17H26N2O9.C9H16O3.4CH4/c1-12(2)17(24)28-9-7-26-6-8-27-16(23)11-14(21)19-5-4-18-13(20)10-15(22)25-3;1-4-5-11-6-7-12-9(10)8(2)3;;;;/h1,4-11H2,2-3H3,(H,18,20)(H,19,21);2,4-7H2,1,3H3;4*1H4. The Morgan fingerprint density at radius 1 is 0.568 bits per heavy atom. The van der Waals surface area contributed by atoms with Gasteiger partial charge in [0.2, 0.25) is 11.8 Å². The van der Waals surface area contributed by atoms with Gasteiger partial charge >= 0.3 is 23.9 Å². The summed E-state index contributed by atoms with van der Waals surface area (Å²) in [6, 6.07) is 0. The Morgan fingerprint density at radius 2 is 0.932 bits per heavy atom. The van der Waals surface area contributed by atoms with E-state index >= 15 is 0 Å². The van der Waals surface area contributed by atoms with Gasteiger partial charge in [-0.1, -0.05) is 49.8 Å². The number of methoxy groups -OCH3 is 1. The fourth-order valence-electron chi connectivity index (χ4n) is 2.11. The van der Waals surface area contributed by atoms with Gasteiger partial charge in [-0.2, -0.15) is 0 Å². The quantitative estimate of drug-likeness (QED) is 0.0655.